The van der Waals surface area contributed by atoms with Crippen molar-refractivity contribution in [3.8, 4) is 11.3 Å². The van der Waals surface area contributed by atoms with Crippen LogP contribution in [0, 0.1) is 11.6 Å². The predicted octanol–water partition coefficient (Wildman–Crippen LogP) is 3.27. The number of halogens is 3. The monoisotopic (exact) mass is 389 g/mol. The summed E-state index contributed by atoms with van der Waals surface area (Å²) in [6, 6.07) is 10.9. The third-order valence-corrected chi connectivity index (χ3v) is 4.16. The minimum atomic E-state index is -0.720. The van der Waals surface area contributed by atoms with Gasteiger partial charge in [-0.3, -0.25) is 14.2 Å². The molecule has 0 spiro atoms. The number of aromatic nitrogens is 2. The molecule has 2 aromatic carbocycles. The van der Waals surface area contributed by atoms with E-state index in [9.17, 15) is 18.4 Å². The van der Waals surface area contributed by atoms with Crippen molar-refractivity contribution in [2.24, 2.45) is 0 Å². The molecule has 0 saturated heterocycles. The Morgan fingerprint density at radius 2 is 1.89 bits per heavy atom. The fraction of sp³-hybridized carbons (Fsp3) is 0.105. The van der Waals surface area contributed by atoms with Gasteiger partial charge in [-0.25, -0.2) is 13.8 Å². The van der Waals surface area contributed by atoms with Crippen molar-refractivity contribution in [1.82, 2.24) is 14.9 Å². The van der Waals surface area contributed by atoms with Crippen LogP contribution in [0.3, 0.4) is 0 Å². The predicted molar refractivity (Wildman–Crippen MR) is 97.6 cm³/mol. The van der Waals surface area contributed by atoms with Crippen LogP contribution in [0.2, 0.25) is 5.02 Å². The van der Waals surface area contributed by atoms with Gasteiger partial charge in [-0.2, -0.15) is 0 Å². The molecule has 3 rings (SSSR count). The van der Waals surface area contributed by atoms with Gasteiger partial charge in [-0.15, -0.1) is 0 Å². The van der Waals surface area contributed by atoms with E-state index in [0.29, 0.717) is 11.3 Å². The molecule has 0 radical (unpaired) electrons. The molecule has 0 saturated carbocycles. The van der Waals surface area contributed by atoms with E-state index in [2.05, 4.69) is 10.3 Å². The van der Waals surface area contributed by atoms with Gasteiger partial charge < -0.3 is 5.32 Å². The Bertz CT molecular complexity index is 1020. The van der Waals surface area contributed by atoms with Gasteiger partial charge in [0.25, 0.3) is 11.5 Å². The summed E-state index contributed by atoms with van der Waals surface area (Å²) in [5.74, 6) is -1.76. The first-order chi connectivity index (χ1) is 13.0. The lowest BCUT2D eigenvalue weighted by molar-refractivity contribution is 0.0948. The number of carbonyl (C=O) groups is 1. The summed E-state index contributed by atoms with van der Waals surface area (Å²) < 4.78 is 28.0. The van der Waals surface area contributed by atoms with Gasteiger partial charge in [0.1, 0.15) is 11.6 Å². The first-order valence-electron chi connectivity index (χ1n) is 8.00. The van der Waals surface area contributed by atoms with Gasteiger partial charge in [-0.1, -0.05) is 17.7 Å². The van der Waals surface area contributed by atoms with Crippen LogP contribution in [-0.2, 0) is 6.54 Å². The zero-order valence-corrected chi connectivity index (χ0v) is 14.7. The first kappa shape index (κ1) is 18.7. The minimum absolute atomic E-state index is 0.00924. The second kappa shape index (κ2) is 8.09. The summed E-state index contributed by atoms with van der Waals surface area (Å²) in [5.41, 5.74) is 0.459. The molecule has 0 aliphatic carbocycles. The molecular formula is C19H14ClF2N3O2. The van der Waals surface area contributed by atoms with Crippen LogP contribution in [0.4, 0.5) is 8.78 Å². The van der Waals surface area contributed by atoms with E-state index in [1.807, 2.05) is 0 Å². The number of hydrogen-bond donors (Lipinski definition) is 1. The number of benzene rings is 2. The lowest BCUT2D eigenvalue weighted by Crippen LogP contribution is -2.31. The smallest absolute Gasteiger partial charge is 0.255 e. The van der Waals surface area contributed by atoms with Crippen molar-refractivity contribution in [3.63, 3.8) is 0 Å². The number of nitrogens with one attached hydrogen (secondary N) is 1. The third-order valence-electron chi connectivity index (χ3n) is 3.85. The van der Waals surface area contributed by atoms with E-state index in [-0.39, 0.29) is 35.1 Å². The fourth-order valence-corrected chi connectivity index (χ4v) is 2.71. The van der Waals surface area contributed by atoms with Gasteiger partial charge in [0, 0.05) is 24.7 Å². The average molecular weight is 390 g/mol. The highest BCUT2D eigenvalue weighted by atomic mass is 35.5. The van der Waals surface area contributed by atoms with Crippen molar-refractivity contribution in [2.45, 2.75) is 6.54 Å². The van der Waals surface area contributed by atoms with Gasteiger partial charge >= 0.3 is 0 Å². The summed E-state index contributed by atoms with van der Waals surface area (Å²) >= 11 is 5.84. The van der Waals surface area contributed by atoms with Gasteiger partial charge in [-0.05, 0) is 36.4 Å². The third kappa shape index (κ3) is 4.38. The van der Waals surface area contributed by atoms with Crippen LogP contribution < -0.4 is 10.9 Å². The summed E-state index contributed by atoms with van der Waals surface area (Å²) in [4.78, 5) is 28.4. The molecule has 0 bridgehead atoms. The fourth-order valence-electron chi connectivity index (χ4n) is 2.47. The van der Waals surface area contributed by atoms with Crippen LogP contribution in [0.5, 0.6) is 0 Å². The Morgan fingerprint density at radius 3 is 2.56 bits per heavy atom. The van der Waals surface area contributed by atoms with Crippen LogP contribution in [0.25, 0.3) is 11.3 Å². The van der Waals surface area contributed by atoms with E-state index in [1.54, 1.807) is 0 Å². The van der Waals surface area contributed by atoms with Crippen molar-refractivity contribution >= 4 is 17.5 Å². The molecule has 5 nitrogen and oxygen atoms in total. The van der Waals surface area contributed by atoms with Crippen molar-refractivity contribution in [2.75, 3.05) is 6.54 Å². The minimum Gasteiger partial charge on any atom is -0.350 e. The zero-order valence-electron chi connectivity index (χ0n) is 14.0. The van der Waals surface area contributed by atoms with E-state index >= 15 is 0 Å². The SMILES string of the molecule is O=C(NCCn1cnc(-c2ccc(F)cc2)cc1=O)c1c(F)cccc1Cl. The van der Waals surface area contributed by atoms with Crippen molar-refractivity contribution in [1.29, 1.82) is 0 Å². The van der Waals surface area contributed by atoms with Crippen LogP contribution >= 0.6 is 11.6 Å². The Labute approximate surface area is 158 Å². The quantitative estimate of drug-likeness (QED) is 0.728. The summed E-state index contributed by atoms with van der Waals surface area (Å²) in [6.45, 7) is 0.230. The topological polar surface area (TPSA) is 64.0 Å². The largest absolute Gasteiger partial charge is 0.350 e. The highest BCUT2D eigenvalue weighted by Gasteiger charge is 2.15. The average Bonchev–Trinajstić information content (AvgIpc) is 2.63. The molecule has 8 heteroatoms. The molecule has 1 amide bonds. The molecule has 0 aliphatic heterocycles. The molecular weight excluding hydrogens is 376 g/mol. The molecule has 0 fully saturated rings. The van der Waals surface area contributed by atoms with Gasteiger partial charge in [0.05, 0.1) is 22.6 Å². The van der Waals surface area contributed by atoms with E-state index in [0.717, 1.165) is 6.07 Å². The maximum absolute atomic E-state index is 13.7. The molecule has 1 heterocycles. The Morgan fingerprint density at radius 1 is 1.15 bits per heavy atom. The van der Waals surface area contributed by atoms with Crippen LogP contribution in [0.15, 0.2) is 59.7 Å². The Balaban J connectivity index is 1.66. The molecule has 3 aromatic rings. The maximum atomic E-state index is 13.7. The number of rotatable bonds is 5. The van der Waals surface area contributed by atoms with E-state index < -0.39 is 11.7 Å². The number of nitrogens with zero attached hydrogens (tertiary/aromatic N) is 2. The summed E-state index contributed by atoms with van der Waals surface area (Å²) in [5, 5.41) is 2.53. The van der Waals surface area contributed by atoms with Gasteiger partial charge in [0.15, 0.2) is 0 Å². The normalized spacial score (nSPS) is 10.6. The maximum Gasteiger partial charge on any atom is 0.255 e. The van der Waals surface area contributed by atoms with Crippen molar-refractivity contribution < 1.29 is 13.6 Å². The summed E-state index contributed by atoms with van der Waals surface area (Å²) in [7, 11) is 0. The molecule has 0 atom stereocenters. The number of amides is 1. The molecule has 0 aliphatic rings. The lowest BCUT2D eigenvalue weighted by atomic mass is 10.1. The molecule has 138 valence electrons. The van der Waals surface area contributed by atoms with Crippen LogP contribution in [-0.4, -0.2) is 22.0 Å². The molecule has 1 aromatic heterocycles. The first-order valence-corrected chi connectivity index (χ1v) is 8.38. The van der Waals surface area contributed by atoms with Gasteiger partial charge in [0.2, 0.25) is 0 Å². The zero-order chi connectivity index (χ0) is 19.4. The molecule has 27 heavy (non-hydrogen) atoms. The van der Waals surface area contributed by atoms with Crippen LogP contribution in [0.1, 0.15) is 10.4 Å². The summed E-state index contributed by atoms with van der Waals surface area (Å²) in [6.07, 6.45) is 1.34. The standard InChI is InChI=1S/C19H14ClF2N3O2/c20-14-2-1-3-15(22)18(14)19(27)23-8-9-25-11-24-16(10-17(25)26)12-4-6-13(21)7-5-12/h1-7,10-11H,8-9H2,(H,23,27). The highest BCUT2D eigenvalue weighted by Crippen LogP contribution is 2.18. The number of hydrogen-bond acceptors (Lipinski definition) is 3. The van der Waals surface area contributed by atoms with Crippen molar-refractivity contribution in [3.05, 3.63) is 87.4 Å². The van der Waals surface area contributed by atoms with E-state index in [4.69, 9.17) is 11.6 Å². The lowest BCUT2D eigenvalue weighted by Gasteiger charge is -2.09. The molecule has 1 N–H and O–H groups in total. The number of carbonyl (C=O) groups excluding carboxylic acids is 1. The van der Waals surface area contributed by atoms with E-state index in [1.165, 1.54) is 53.4 Å². The highest BCUT2D eigenvalue weighted by molar-refractivity contribution is 6.33. The second-order valence-electron chi connectivity index (χ2n) is 5.67. The Kier molecular flexibility index (Phi) is 5.61. The second-order valence-corrected chi connectivity index (χ2v) is 6.07. The Hall–Kier alpha value is -3.06. The molecule has 0 unspecified atom stereocenters.